The maximum Gasteiger partial charge on any atom is 0.414 e. The SMILES string of the molecule is CC(C)(C)OC(=O)N1CCC(=O)c2ccc(Cl)cc21. The number of nitrogens with zero attached hydrogens (tertiary/aromatic N) is 1. The van der Waals surface area contributed by atoms with E-state index >= 15 is 0 Å². The summed E-state index contributed by atoms with van der Waals surface area (Å²) in [5, 5.41) is 0.488. The summed E-state index contributed by atoms with van der Waals surface area (Å²) in [7, 11) is 0. The van der Waals surface area contributed by atoms with Gasteiger partial charge in [0, 0.05) is 23.6 Å². The number of halogens is 1. The molecule has 0 spiro atoms. The van der Waals surface area contributed by atoms with Crippen LogP contribution >= 0.6 is 11.6 Å². The lowest BCUT2D eigenvalue weighted by Gasteiger charge is -2.31. The number of rotatable bonds is 0. The molecule has 19 heavy (non-hydrogen) atoms. The first-order valence-corrected chi connectivity index (χ1v) is 6.49. The molecular formula is C14H16ClNO3. The molecule has 1 aliphatic heterocycles. The standard InChI is InChI=1S/C14H16ClNO3/c1-14(2,3)19-13(18)16-7-6-12(17)10-5-4-9(15)8-11(10)16/h4-5,8H,6-7H2,1-3H3. The molecule has 1 aliphatic rings. The molecule has 0 radical (unpaired) electrons. The molecule has 5 heteroatoms. The molecule has 2 rings (SSSR count). The van der Waals surface area contributed by atoms with E-state index in [0.29, 0.717) is 29.2 Å². The van der Waals surface area contributed by atoms with E-state index in [0.717, 1.165) is 0 Å². The van der Waals surface area contributed by atoms with Crippen LogP contribution in [0.1, 0.15) is 37.6 Å². The first kappa shape index (κ1) is 13.9. The molecule has 1 amide bonds. The first-order chi connectivity index (χ1) is 8.78. The van der Waals surface area contributed by atoms with Gasteiger partial charge in [-0.3, -0.25) is 9.69 Å². The van der Waals surface area contributed by atoms with Crippen LogP contribution in [0, 0.1) is 0 Å². The average molecular weight is 282 g/mol. The van der Waals surface area contributed by atoms with Gasteiger partial charge < -0.3 is 4.74 Å². The van der Waals surface area contributed by atoms with Crippen molar-refractivity contribution in [2.24, 2.45) is 0 Å². The Bertz CT molecular complexity index is 534. The van der Waals surface area contributed by atoms with Gasteiger partial charge in [-0.2, -0.15) is 0 Å². The van der Waals surface area contributed by atoms with E-state index in [4.69, 9.17) is 16.3 Å². The predicted molar refractivity (Wildman–Crippen MR) is 74.0 cm³/mol. The highest BCUT2D eigenvalue weighted by Gasteiger charge is 2.30. The molecule has 0 saturated heterocycles. The number of Topliss-reactive ketones (excluding diaryl/α,β-unsaturated/α-hetero) is 1. The largest absolute Gasteiger partial charge is 0.443 e. The molecular weight excluding hydrogens is 266 g/mol. The Morgan fingerprint density at radius 3 is 2.68 bits per heavy atom. The second-order valence-corrected chi connectivity index (χ2v) is 5.90. The molecule has 0 aromatic heterocycles. The Labute approximate surface area is 117 Å². The smallest absolute Gasteiger partial charge is 0.414 e. The molecule has 1 aromatic carbocycles. The summed E-state index contributed by atoms with van der Waals surface area (Å²) in [4.78, 5) is 25.4. The molecule has 0 unspecified atom stereocenters. The predicted octanol–water partition coefficient (Wildman–Crippen LogP) is 3.67. The van der Waals surface area contributed by atoms with Crippen LogP contribution in [0.15, 0.2) is 18.2 Å². The Hall–Kier alpha value is -1.55. The lowest BCUT2D eigenvalue weighted by molar-refractivity contribution is 0.0577. The average Bonchev–Trinajstić information content (AvgIpc) is 2.26. The van der Waals surface area contributed by atoms with Crippen molar-refractivity contribution in [1.82, 2.24) is 0 Å². The molecule has 0 fully saturated rings. The number of amides is 1. The van der Waals surface area contributed by atoms with Gasteiger partial charge in [0.15, 0.2) is 5.78 Å². The number of hydrogen-bond acceptors (Lipinski definition) is 3. The highest BCUT2D eigenvalue weighted by Crippen LogP contribution is 2.31. The number of ether oxygens (including phenoxy) is 1. The fourth-order valence-corrected chi connectivity index (χ4v) is 2.11. The molecule has 0 aliphatic carbocycles. The minimum absolute atomic E-state index is 0.0199. The summed E-state index contributed by atoms with van der Waals surface area (Å²) in [5.74, 6) is 0.0199. The number of carbonyl (C=O) groups is 2. The van der Waals surface area contributed by atoms with Gasteiger partial charge in [-0.15, -0.1) is 0 Å². The molecule has 4 nitrogen and oxygen atoms in total. The van der Waals surface area contributed by atoms with Gasteiger partial charge in [0.1, 0.15) is 5.60 Å². The van der Waals surface area contributed by atoms with Gasteiger partial charge in [0.25, 0.3) is 0 Å². The topological polar surface area (TPSA) is 46.6 Å². The van der Waals surface area contributed by atoms with E-state index in [1.807, 2.05) is 0 Å². The molecule has 0 bridgehead atoms. The van der Waals surface area contributed by atoms with Gasteiger partial charge in [0.05, 0.1) is 5.69 Å². The zero-order valence-corrected chi connectivity index (χ0v) is 12.0. The van der Waals surface area contributed by atoms with Gasteiger partial charge in [0.2, 0.25) is 0 Å². The lowest BCUT2D eigenvalue weighted by Crippen LogP contribution is -2.41. The van der Waals surface area contributed by atoms with Crippen LogP contribution in [-0.2, 0) is 4.74 Å². The van der Waals surface area contributed by atoms with Crippen molar-refractivity contribution in [3.63, 3.8) is 0 Å². The Morgan fingerprint density at radius 2 is 2.05 bits per heavy atom. The summed E-state index contributed by atoms with van der Waals surface area (Å²) in [5.41, 5.74) is 0.469. The Balaban J connectivity index is 2.35. The van der Waals surface area contributed by atoms with Crippen LogP contribution in [0.2, 0.25) is 5.02 Å². The number of benzene rings is 1. The number of carbonyl (C=O) groups excluding carboxylic acids is 2. The van der Waals surface area contributed by atoms with Crippen LogP contribution in [-0.4, -0.2) is 24.0 Å². The van der Waals surface area contributed by atoms with E-state index in [-0.39, 0.29) is 5.78 Å². The molecule has 0 atom stereocenters. The number of ketones is 1. The van der Waals surface area contributed by atoms with Crippen LogP contribution < -0.4 is 4.90 Å². The maximum atomic E-state index is 12.1. The van der Waals surface area contributed by atoms with Gasteiger partial charge in [-0.05, 0) is 39.0 Å². The van der Waals surface area contributed by atoms with E-state index in [1.165, 1.54) is 4.90 Å². The number of anilines is 1. The molecule has 1 heterocycles. The second-order valence-electron chi connectivity index (χ2n) is 5.47. The fourth-order valence-electron chi connectivity index (χ4n) is 1.94. The van der Waals surface area contributed by atoms with Crippen molar-refractivity contribution in [1.29, 1.82) is 0 Å². The summed E-state index contributed by atoms with van der Waals surface area (Å²) in [6.07, 6.45) is -0.156. The van der Waals surface area contributed by atoms with Gasteiger partial charge in [-0.1, -0.05) is 11.6 Å². The van der Waals surface area contributed by atoms with Crippen molar-refractivity contribution < 1.29 is 14.3 Å². The maximum absolute atomic E-state index is 12.1. The second kappa shape index (κ2) is 4.85. The normalized spacial score (nSPS) is 15.2. The summed E-state index contributed by atoms with van der Waals surface area (Å²) < 4.78 is 5.34. The van der Waals surface area contributed by atoms with Crippen LogP contribution in [0.3, 0.4) is 0 Å². The molecule has 0 saturated carbocycles. The van der Waals surface area contributed by atoms with Crippen molar-refractivity contribution >= 4 is 29.2 Å². The third-order valence-corrected chi connectivity index (χ3v) is 2.96. The highest BCUT2D eigenvalue weighted by atomic mass is 35.5. The van der Waals surface area contributed by atoms with E-state index < -0.39 is 11.7 Å². The first-order valence-electron chi connectivity index (χ1n) is 6.11. The van der Waals surface area contributed by atoms with Gasteiger partial charge >= 0.3 is 6.09 Å². The third-order valence-electron chi connectivity index (χ3n) is 2.73. The zero-order chi connectivity index (χ0) is 14.2. The van der Waals surface area contributed by atoms with Crippen molar-refractivity contribution in [2.75, 3.05) is 11.4 Å². The van der Waals surface area contributed by atoms with E-state index in [9.17, 15) is 9.59 Å². The van der Waals surface area contributed by atoms with Crippen molar-refractivity contribution in [2.45, 2.75) is 32.8 Å². The third kappa shape index (κ3) is 3.07. The molecule has 0 N–H and O–H groups in total. The van der Waals surface area contributed by atoms with Crippen molar-refractivity contribution in [3.8, 4) is 0 Å². The van der Waals surface area contributed by atoms with E-state index in [1.54, 1.807) is 39.0 Å². The van der Waals surface area contributed by atoms with E-state index in [2.05, 4.69) is 0 Å². The summed E-state index contributed by atoms with van der Waals surface area (Å²) in [6, 6.07) is 4.92. The Kier molecular flexibility index (Phi) is 3.54. The number of hydrogen-bond donors (Lipinski definition) is 0. The van der Waals surface area contributed by atoms with Crippen molar-refractivity contribution in [3.05, 3.63) is 28.8 Å². The minimum Gasteiger partial charge on any atom is -0.443 e. The van der Waals surface area contributed by atoms with Gasteiger partial charge in [-0.25, -0.2) is 4.79 Å². The van der Waals surface area contributed by atoms with Crippen LogP contribution in [0.25, 0.3) is 0 Å². The minimum atomic E-state index is -0.572. The highest BCUT2D eigenvalue weighted by molar-refractivity contribution is 6.31. The Morgan fingerprint density at radius 1 is 1.37 bits per heavy atom. The summed E-state index contributed by atoms with van der Waals surface area (Å²) >= 11 is 5.94. The van der Waals surface area contributed by atoms with Crippen LogP contribution in [0.4, 0.5) is 10.5 Å². The molecule has 1 aromatic rings. The molecule has 102 valence electrons. The fraction of sp³-hybridized carbons (Fsp3) is 0.429. The summed E-state index contributed by atoms with van der Waals surface area (Å²) in [6.45, 7) is 5.73. The lowest BCUT2D eigenvalue weighted by atomic mass is 10.0. The monoisotopic (exact) mass is 281 g/mol. The zero-order valence-electron chi connectivity index (χ0n) is 11.2. The van der Waals surface area contributed by atoms with Crippen LogP contribution in [0.5, 0.6) is 0 Å². The number of fused-ring (bicyclic) bond motifs is 1. The quantitative estimate of drug-likeness (QED) is 0.729.